The molecular weight excluding hydrogens is 356 g/mol. The number of aromatic amines is 1. The van der Waals surface area contributed by atoms with E-state index in [4.69, 9.17) is 0 Å². The monoisotopic (exact) mass is 392 g/mol. The van der Waals surface area contributed by atoms with Crippen LogP contribution >= 0.6 is 0 Å². The van der Waals surface area contributed by atoms with E-state index in [0.29, 0.717) is 0 Å². The van der Waals surface area contributed by atoms with Crippen molar-refractivity contribution >= 4 is 12.2 Å². The molecule has 3 aliphatic carbocycles. The lowest BCUT2D eigenvalue weighted by Crippen LogP contribution is -2.21. The zero-order valence-electron chi connectivity index (χ0n) is 18.1. The van der Waals surface area contributed by atoms with Crippen molar-refractivity contribution in [3.63, 3.8) is 0 Å². The largest absolute Gasteiger partial charge is 0.326 e. The molecule has 0 saturated heterocycles. The van der Waals surface area contributed by atoms with Crippen LogP contribution in [0.2, 0.25) is 0 Å². The lowest BCUT2D eigenvalue weighted by molar-refractivity contribution is 0.301. The van der Waals surface area contributed by atoms with Crippen molar-refractivity contribution in [3.8, 4) is 0 Å². The van der Waals surface area contributed by atoms with Gasteiger partial charge in [-0.1, -0.05) is 56.1 Å². The first-order chi connectivity index (χ1) is 14.2. The third kappa shape index (κ3) is 4.60. The second kappa shape index (κ2) is 9.19. The summed E-state index contributed by atoms with van der Waals surface area (Å²) in [6.45, 7) is 2.33. The molecule has 3 atom stereocenters. The van der Waals surface area contributed by atoms with Crippen molar-refractivity contribution < 1.29 is 0 Å². The lowest BCUT2D eigenvalue weighted by Gasteiger charge is -2.33. The molecule has 1 aromatic rings. The number of allylic oxidation sites excluding steroid dienone is 6. The van der Waals surface area contributed by atoms with Gasteiger partial charge < -0.3 is 4.98 Å². The number of hydrogen-bond donors (Lipinski definition) is 1. The lowest BCUT2D eigenvalue weighted by atomic mass is 9.72. The predicted octanol–water partition coefficient (Wildman–Crippen LogP) is 6.40. The Hall–Kier alpha value is -2.03. The van der Waals surface area contributed by atoms with Crippen LogP contribution in [0.1, 0.15) is 82.5 Å². The molecule has 0 spiro atoms. The van der Waals surface area contributed by atoms with E-state index in [1.807, 2.05) is 7.05 Å². The summed E-state index contributed by atoms with van der Waals surface area (Å²) >= 11 is 0. The van der Waals surface area contributed by atoms with Gasteiger partial charge in [0.1, 0.15) is 0 Å². The number of fused-ring (bicyclic) bond motifs is 2. The molecule has 3 nitrogen and oxygen atoms in total. The van der Waals surface area contributed by atoms with Gasteiger partial charge in [0.15, 0.2) is 0 Å². The fraction of sp³-hybridized carbons (Fsp3) is 0.577. The van der Waals surface area contributed by atoms with Crippen LogP contribution in [-0.2, 0) is 7.05 Å². The van der Waals surface area contributed by atoms with E-state index in [1.165, 1.54) is 56.9 Å². The van der Waals surface area contributed by atoms with Gasteiger partial charge in [0.2, 0.25) is 0 Å². The molecule has 4 rings (SSSR count). The van der Waals surface area contributed by atoms with Crippen LogP contribution < -0.4 is 5.69 Å². The molecule has 0 radical (unpaired) electrons. The van der Waals surface area contributed by atoms with Crippen molar-refractivity contribution in [2.24, 2.45) is 24.8 Å². The first kappa shape index (κ1) is 20.3. The van der Waals surface area contributed by atoms with Crippen LogP contribution in [0.15, 0.2) is 40.2 Å². The minimum atomic E-state index is -0.0275. The molecule has 3 aliphatic rings. The molecule has 0 saturated carbocycles. The average Bonchev–Trinajstić information content (AvgIpc) is 2.85. The Bertz CT molecular complexity index is 892. The van der Waals surface area contributed by atoms with Gasteiger partial charge in [0.25, 0.3) is 0 Å². The summed E-state index contributed by atoms with van der Waals surface area (Å²) in [4.78, 5) is 14.9. The predicted molar refractivity (Wildman–Crippen MR) is 123 cm³/mol. The van der Waals surface area contributed by atoms with E-state index in [1.54, 1.807) is 10.1 Å². The van der Waals surface area contributed by atoms with Gasteiger partial charge in [-0.15, -0.1) is 0 Å². The number of imidazole rings is 1. The molecule has 0 bridgehead atoms. The standard InChI is InChI=1S/C26H36N2O/c1-3-7-21-10-6-11-22-17-16-19(8-4-12-23(21)22)14-15-20-9-5-13-25-24(18-20)27-26(29)28(25)2/h5-6,11,13,17-19,21,23H,3-4,7-10,12,14-16H2,1-2H3,(H,27,29). The summed E-state index contributed by atoms with van der Waals surface area (Å²) in [5.74, 6) is 2.47. The van der Waals surface area contributed by atoms with E-state index >= 15 is 0 Å². The molecule has 0 aliphatic heterocycles. The Morgan fingerprint density at radius 2 is 2.03 bits per heavy atom. The van der Waals surface area contributed by atoms with Crippen LogP contribution in [0.25, 0.3) is 12.2 Å². The SMILES string of the molecule is CCCC1CC=CC2=CCC(CCC3=Cc4[nH]c(=O)n(C)c4C=CC3)CCCC21. The Morgan fingerprint density at radius 1 is 1.14 bits per heavy atom. The summed E-state index contributed by atoms with van der Waals surface area (Å²) in [6.07, 6.45) is 26.6. The Kier molecular flexibility index (Phi) is 6.42. The Labute approximate surface area is 175 Å². The van der Waals surface area contributed by atoms with E-state index in [9.17, 15) is 4.79 Å². The molecular formula is C26H36N2O. The highest BCUT2D eigenvalue weighted by Gasteiger charge is 2.27. The van der Waals surface area contributed by atoms with Crippen molar-refractivity contribution in [3.05, 3.63) is 57.3 Å². The van der Waals surface area contributed by atoms with Crippen LogP contribution in [0.5, 0.6) is 0 Å². The molecule has 3 unspecified atom stereocenters. The van der Waals surface area contributed by atoms with Gasteiger partial charge in [-0.2, -0.15) is 0 Å². The first-order valence-corrected chi connectivity index (χ1v) is 11.7. The summed E-state index contributed by atoms with van der Waals surface area (Å²) in [5.41, 5.74) is 5.01. The Balaban J connectivity index is 1.40. The van der Waals surface area contributed by atoms with Crippen LogP contribution in [-0.4, -0.2) is 9.55 Å². The molecule has 1 heterocycles. The van der Waals surface area contributed by atoms with E-state index in [0.717, 1.165) is 42.0 Å². The fourth-order valence-electron chi connectivity index (χ4n) is 5.57. The molecule has 29 heavy (non-hydrogen) atoms. The van der Waals surface area contributed by atoms with Gasteiger partial charge >= 0.3 is 5.69 Å². The topological polar surface area (TPSA) is 37.8 Å². The highest BCUT2D eigenvalue weighted by atomic mass is 16.1. The van der Waals surface area contributed by atoms with Gasteiger partial charge in [-0.3, -0.25) is 4.57 Å². The maximum atomic E-state index is 11.9. The van der Waals surface area contributed by atoms with Gasteiger partial charge in [0.05, 0.1) is 11.4 Å². The van der Waals surface area contributed by atoms with Gasteiger partial charge in [-0.25, -0.2) is 4.79 Å². The van der Waals surface area contributed by atoms with Crippen LogP contribution in [0.4, 0.5) is 0 Å². The first-order valence-electron chi connectivity index (χ1n) is 11.7. The van der Waals surface area contributed by atoms with Crippen LogP contribution in [0, 0.1) is 17.8 Å². The number of aromatic nitrogens is 2. The minimum absolute atomic E-state index is 0.0275. The zero-order chi connectivity index (χ0) is 20.2. The summed E-state index contributed by atoms with van der Waals surface area (Å²) < 4.78 is 1.70. The normalized spacial score (nSPS) is 26.6. The number of H-pyrrole nitrogens is 1. The summed E-state index contributed by atoms with van der Waals surface area (Å²) in [7, 11) is 1.83. The van der Waals surface area contributed by atoms with Crippen molar-refractivity contribution in [1.29, 1.82) is 0 Å². The molecule has 1 aromatic heterocycles. The molecule has 0 amide bonds. The van der Waals surface area contributed by atoms with E-state index < -0.39 is 0 Å². The number of nitrogens with one attached hydrogen (secondary N) is 1. The number of rotatable bonds is 5. The third-order valence-electron chi connectivity index (χ3n) is 7.28. The number of hydrogen-bond acceptors (Lipinski definition) is 1. The molecule has 0 aromatic carbocycles. The molecule has 3 heteroatoms. The van der Waals surface area contributed by atoms with Crippen molar-refractivity contribution in [2.75, 3.05) is 0 Å². The molecule has 156 valence electrons. The van der Waals surface area contributed by atoms with E-state index in [-0.39, 0.29) is 5.69 Å². The van der Waals surface area contributed by atoms with Gasteiger partial charge in [0, 0.05) is 7.05 Å². The average molecular weight is 393 g/mol. The molecule has 0 fully saturated rings. The number of nitrogens with zero attached hydrogens (tertiary/aromatic N) is 1. The van der Waals surface area contributed by atoms with Gasteiger partial charge in [-0.05, 0) is 80.4 Å². The summed E-state index contributed by atoms with van der Waals surface area (Å²) in [6, 6.07) is 0. The zero-order valence-corrected chi connectivity index (χ0v) is 18.1. The maximum Gasteiger partial charge on any atom is 0.326 e. The summed E-state index contributed by atoms with van der Waals surface area (Å²) in [5, 5.41) is 0. The van der Waals surface area contributed by atoms with Crippen molar-refractivity contribution in [1.82, 2.24) is 9.55 Å². The molecule has 1 N–H and O–H groups in total. The maximum absolute atomic E-state index is 11.9. The highest BCUT2D eigenvalue weighted by molar-refractivity contribution is 5.64. The highest BCUT2D eigenvalue weighted by Crippen LogP contribution is 2.39. The second-order valence-corrected chi connectivity index (χ2v) is 9.27. The Morgan fingerprint density at radius 3 is 2.90 bits per heavy atom. The minimum Gasteiger partial charge on any atom is -0.306 e. The quantitative estimate of drug-likeness (QED) is 0.618. The smallest absolute Gasteiger partial charge is 0.306 e. The fourth-order valence-corrected chi connectivity index (χ4v) is 5.57. The second-order valence-electron chi connectivity index (χ2n) is 9.27. The van der Waals surface area contributed by atoms with E-state index in [2.05, 4.69) is 48.4 Å². The third-order valence-corrected chi connectivity index (χ3v) is 7.28. The van der Waals surface area contributed by atoms with Crippen LogP contribution in [0.3, 0.4) is 0 Å². The van der Waals surface area contributed by atoms with Crippen molar-refractivity contribution in [2.45, 2.75) is 71.1 Å².